The third kappa shape index (κ3) is 52.6. The summed E-state index contributed by atoms with van der Waals surface area (Å²) in [7, 11) is 0. The van der Waals surface area contributed by atoms with Crippen molar-refractivity contribution >= 4 is 17.9 Å². The average Bonchev–Trinajstić information content (AvgIpc) is 3.33. The van der Waals surface area contributed by atoms with E-state index >= 15 is 0 Å². The Morgan fingerprint density at radius 1 is 0.343 bits per heavy atom. The molecule has 0 heterocycles. The van der Waals surface area contributed by atoms with Gasteiger partial charge in [-0.25, -0.2) is 4.79 Å². The zero-order chi connectivity index (χ0) is 48.6. The molecule has 0 fully saturated rings. The van der Waals surface area contributed by atoms with Crippen LogP contribution in [0, 0.1) is 0 Å². The largest absolute Gasteiger partial charge is 0.462 e. The first kappa shape index (κ1) is 62.8. The second-order valence-electron chi connectivity index (χ2n) is 17.6. The third-order valence-electron chi connectivity index (χ3n) is 11.1. The number of allylic oxidation sites excluding steroid dienone is 19. The highest BCUT2D eigenvalue weighted by Gasteiger charge is 2.18. The van der Waals surface area contributed by atoms with Gasteiger partial charge in [0.1, 0.15) is 13.2 Å². The highest BCUT2D eigenvalue weighted by atomic mass is 16.6. The number of esters is 3. The molecule has 0 N–H and O–H groups in total. The van der Waals surface area contributed by atoms with Crippen molar-refractivity contribution in [3.63, 3.8) is 0 Å². The summed E-state index contributed by atoms with van der Waals surface area (Å²) in [5.41, 5.74) is 0. The Bertz CT molecular complexity index is 1370. The zero-order valence-corrected chi connectivity index (χ0v) is 43.1. The first-order valence-corrected chi connectivity index (χ1v) is 27.1. The smallest absolute Gasteiger partial charge is 0.331 e. The predicted molar refractivity (Wildman–Crippen MR) is 288 cm³/mol. The fraction of sp³-hybridized carbons (Fsp3) is 0.623. The number of rotatable bonds is 47. The van der Waals surface area contributed by atoms with Gasteiger partial charge in [0, 0.05) is 18.9 Å². The molecule has 0 radical (unpaired) electrons. The average molecular weight is 927 g/mol. The molecule has 0 saturated heterocycles. The van der Waals surface area contributed by atoms with Crippen LogP contribution < -0.4 is 0 Å². The van der Waals surface area contributed by atoms with Crippen LogP contribution in [0.5, 0.6) is 0 Å². The van der Waals surface area contributed by atoms with E-state index < -0.39 is 12.1 Å². The highest BCUT2D eigenvalue weighted by molar-refractivity contribution is 5.82. The lowest BCUT2D eigenvalue weighted by Crippen LogP contribution is -2.30. The molecule has 0 bridgehead atoms. The number of hydrogen-bond donors (Lipinski definition) is 0. The molecule has 0 aliphatic rings. The van der Waals surface area contributed by atoms with Crippen LogP contribution in [0.3, 0.4) is 0 Å². The Kier molecular flexibility index (Phi) is 51.0. The van der Waals surface area contributed by atoms with Crippen LogP contribution in [0.15, 0.2) is 122 Å². The van der Waals surface area contributed by atoms with Crippen molar-refractivity contribution in [1.29, 1.82) is 0 Å². The fourth-order valence-corrected chi connectivity index (χ4v) is 7.04. The second kappa shape index (κ2) is 54.4. The van der Waals surface area contributed by atoms with E-state index in [1.54, 1.807) is 12.2 Å². The third-order valence-corrected chi connectivity index (χ3v) is 11.1. The molecule has 0 aliphatic heterocycles. The molecule has 0 atom stereocenters. The summed E-state index contributed by atoms with van der Waals surface area (Å²) in [6.45, 7) is 6.40. The molecule has 0 aromatic carbocycles. The summed E-state index contributed by atoms with van der Waals surface area (Å²) in [5.74, 6) is -1.28. The Hall–Kier alpha value is -4.19. The van der Waals surface area contributed by atoms with Crippen LogP contribution in [-0.4, -0.2) is 37.2 Å². The summed E-state index contributed by atoms with van der Waals surface area (Å²) in [6, 6.07) is 0. The highest BCUT2D eigenvalue weighted by Crippen LogP contribution is 2.12. The number of carbonyl (C=O) groups is 3. The maximum absolute atomic E-state index is 12.7. The molecule has 0 rings (SSSR count). The Labute approximate surface area is 412 Å². The lowest BCUT2D eigenvalue weighted by Gasteiger charge is -2.17. The molecular formula is C61H98O6. The molecule has 0 saturated carbocycles. The van der Waals surface area contributed by atoms with Gasteiger partial charge >= 0.3 is 17.9 Å². The molecule has 0 aliphatic carbocycles. The van der Waals surface area contributed by atoms with Gasteiger partial charge < -0.3 is 14.2 Å². The fourth-order valence-electron chi connectivity index (χ4n) is 7.04. The van der Waals surface area contributed by atoms with Gasteiger partial charge in [-0.05, 0) is 89.9 Å². The maximum Gasteiger partial charge on any atom is 0.331 e. The van der Waals surface area contributed by atoms with Crippen molar-refractivity contribution in [3.05, 3.63) is 122 Å². The first-order chi connectivity index (χ1) is 33.0. The van der Waals surface area contributed by atoms with Gasteiger partial charge in [0.2, 0.25) is 0 Å². The van der Waals surface area contributed by atoms with E-state index in [0.29, 0.717) is 12.8 Å². The van der Waals surface area contributed by atoms with Gasteiger partial charge in [-0.3, -0.25) is 9.59 Å². The van der Waals surface area contributed by atoms with Crippen molar-refractivity contribution in [2.45, 2.75) is 232 Å². The van der Waals surface area contributed by atoms with E-state index in [4.69, 9.17) is 14.2 Å². The van der Waals surface area contributed by atoms with Crippen molar-refractivity contribution in [3.8, 4) is 0 Å². The molecule has 0 amide bonds. The van der Waals surface area contributed by atoms with Gasteiger partial charge in [0.25, 0.3) is 0 Å². The van der Waals surface area contributed by atoms with Gasteiger partial charge in [-0.15, -0.1) is 0 Å². The van der Waals surface area contributed by atoms with Crippen molar-refractivity contribution in [1.82, 2.24) is 0 Å². The predicted octanol–water partition coefficient (Wildman–Crippen LogP) is 18.1. The molecule has 6 heteroatoms. The monoisotopic (exact) mass is 927 g/mol. The van der Waals surface area contributed by atoms with E-state index in [1.165, 1.54) is 102 Å². The standard InChI is InChI=1S/C61H98O6/c1-4-7-10-13-16-19-22-25-28-29-30-31-34-37-40-43-46-49-52-55-61(64)67-58(56-65-59(62)53-50-47-44-41-38-35-32-26-23-20-17-14-11-8-5-2)57-66-60(63)54-51-48-45-42-39-36-33-27-24-21-18-15-12-9-6-3/h17-18,20-21,26-34,37,40,43,46,49,52,55,58H,4-16,19,22-25,35-36,38-39,41-42,44-45,47-48,50-51,53-54,56-57H2,1-3H3/b20-17-,21-18-,29-28+,31-30+,32-26-,33-27-,37-34+,43-40+,49-46+,55-52+. The lowest BCUT2D eigenvalue weighted by molar-refractivity contribution is -0.163. The van der Waals surface area contributed by atoms with Gasteiger partial charge in [-0.2, -0.15) is 0 Å². The summed E-state index contributed by atoms with van der Waals surface area (Å²) >= 11 is 0. The minimum absolute atomic E-state index is 0.163. The quantitative estimate of drug-likeness (QED) is 0.0151. The zero-order valence-electron chi connectivity index (χ0n) is 43.1. The number of carbonyl (C=O) groups excluding carboxylic acids is 3. The van der Waals surface area contributed by atoms with Gasteiger partial charge in [0.05, 0.1) is 0 Å². The van der Waals surface area contributed by atoms with Crippen LogP contribution >= 0.6 is 0 Å². The molecule has 6 nitrogen and oxygen atoms in total. The van der Waals surface area contributed by atoms with Crippen LogP contribution in [0.4, 0.5) is 0 Å². The van der Waals surface area contributed by atoms with Crippen LogP contribution in [0.1, 0.15) is 226 Å². The van der Waals surface area contributed by atoms with Crippen molar-refractivity contribution in [2.24, 2.45) is 0 Å². The minimum Gasteiger partial charge on any atom is -0.462 e. The summed E-state index contributed by atoms with van der Waals surface area (Å²) in [4.78, 5) is 37.9. The molecule has 0 aromatic rings. The second-order valence-corrected chi connectivity index (χ2v) is 17.6. The SMILES string of the molecule is CCCCC/C=C\C/C=C\CCCCCCCC(=O)OCC(COC(=O)CCCCCCC/C=C\C/C=C\CCCCC)OC(=O)/C=C/C=C/C=C/C=C/C=C/C=C/CCCCCCCCC. The Morgan fingerprint density at radius 3 is 1.07 bits per heavy atom. The summed E-state index contributed by atoms with van der Waals surface area (Å²) < 4.78 is 16.6. The van der Waals surface area contributed by atoms with E-state index in [-0.39, 0.29) is 25.2 Å². The number of ether oxygens (including phenoxy) is 3. The van der Waals surface area contributed by atoms with Crippen LogP contribution in [0.25, 0.3) is 0 Å². The molecule has 378 valence electrons. The summed E-state index contributed by atoms with van der Waals surface area (Å²) in [6.07, 6.45) is 75.2. The van der Waals surface area contributed by atoms with Crippen molar-refractivity contribution < 1.29 is 28.6 Å². The van der Waals surface area contributed by atoms with Gasteiger partial charge in [0.15, 0.2) is 6.10 Å². The van der Waals surface area contributed by atoms with E-state index in [0.717, 1.165) is 96.3 Å². The number of unbranched alkanes of at least 4 members (excludes halogenated alkanes) is 23. The molecule has 67 heavy (non-hydrogen) atoms. The first-order valence-electron chi connectivity index (χ1n) is 27.1. The normalized spacial score (nSPS) is 12.7. The molecule has 0 aromatic heterocycles. The van der Waals surface area contributed by atoms with Gasteiger partial charge in [-0.1, -0.05) is 239 Å². The lowest BCUT2D eigenvalue weighted by atomic mass is 10.1. The molecule has 0 unspecified atom stereocenters. The summed E-state index contributed by atoms with van der Waals surface area (Å²) in [5, 5.41) is 0. The minimum atomic E-state index is -0.892. The number of hydrogen-bond acceptors (Lipinski definition) is 6. The van der Waals surface area contributed by atoms with Crippen LogP contribution in [0.2, 0.25) is 0 Å². The Balaban J connectivity index is 4.68. The van der Waals surface area contributed by atoms with Crippen molar-refractivity contribution in [2.75, 3.05) is 13.2 Å². The van der Waals surface area contributed by atoms with E-state index in [9.17, 15) is 14.4 Å². The molecule has 0 spiro atoms. The van der Waals surface area contributed by atoms with E-state index in [1.807, 2.05) is 42.5 Å². The van der Waals surface area contributed by atoms with E-state index in [2.05, 4.69) is 81.5 Å². The molecular weight excluding hydrogens is 829 g/mol. The topological polar surface area (TPSA) is 78.9 Å². The maximum atomic E-state index is 12.7. The van der Waals surface area contributed by atoms with Crippen LogP contribution in [-0.2, 0) is 28.6 Å². The Morgan fingerprint density at radius 2 is 0.657 bits per heavy atom.